The molecule has 0 saturated carbocycles. The molecular weight excluding hydrogens is 326 g/mol. The van der Waals surface area contributed by atoms with E-state index in [-0.39, 0.29) is 17.5 Å². The Morgan fingerprint density at radius 3 is 2.67 bits per heavy atom. The Hall–Kier alpha value is -2.79. The molecule has 6 heteroatoms. The minimum atomic E-state index is -0.449. The Morgan fingerprint density at radius 1 is 1.21 bits per heavy atom. The van der Waals surface area contributed by atoms with E-state index >= 15 is 0 Å². The molecule has 0 spiro atoms. The molecular formula is C18H16ClN3O2. The molecule has 122 valence electrons. The first-order valence-electron chi connectivity index (χ1n) is 7.45. The lowest BCUT2D eigenvalue weighted by molar-refractivity contribution is 0.0932. The maximum atomic E-state index is 12.4. The van der Waals surface area contributed by atoms with Gasteiger partial charge in [-0.25, -0.2) is 4.68 Å². The van der Waals surface area contributed by atoms with E-state index in [0.717, 1.165) is 11.3 Å². The largest absolute Gasteiger partial charge is 0.504 e. The molecule has 3 aromatic rings. The van der Waals surface area contributed by atoms with Gasteiger partial charge in [0.15, 0.2) is 11.4 Å². The number of carbonyl (C=O) groups is 1. The van der Waals surface area contributed by atoms with Crippen LogP contribution in [-0.2, 0) is 0 Å². The first-order chi connectivity index (χ1) is 11.5. The first-order valence-corrected chi connectivity index (χ1v) is 7.83. The van der Waals surface area contributed by atoms with Crippen LogP contribution in [0.15, 0.2) is 60.8 Å². The Bertz CT molecular complexity index is 862. The number of halogens is 1. The first kappa shape index (κ1) is 16.1. The SMILES string of the molecule is CC(NC(=O)c1nn(-c2ccccc2)cc1O)c1cccc(Cl)c1. The van der Waals surface area contributed by atoms with E-state index in [4.69, 9.17) is 11.6 Å². The molecule has 2 aromatic carbocycles. The second-order valence-electron chi connectivity index (χ2n) is 5.39. The van der Waals surface area contributed by atoms with Gasteiger partial charge in [-0.3, -0.25) is 4.79 Å². The highest BCUT2D eigenvalue weighted by Crippen LogP contribution is 2.21. The Morgan fingerprint density at radius 2 is 1.96 bits per heavy atom. The van der Waals surface area contributed by atoms with Crippen LogP contribution in [0.3, 0.4) is 0 Å². The van der Waals surface area contributed by atoms with Crippen molar-refractivity contribution in [1.29, 1.82) is 0 Å². The monoisotopic (exact) mass is 341 g/mol. The summed E-state index contributed by atoms with van der Waals surface area (Å²) in [6, 6.07) is 16.3. The lowest BCUT2D eigenvalue weighted by atomic mass is 10.1. The summed E-state index contributed by atoms with van der Waals surface area (Å²) in [7, 11) is 0. The van der Waals surface area contributed by atoms with E-state index in [2.05, 4.69) is 10.4 Å². The van der Waals surface area contributed by atoms with Crippen LogP contribution in [0.2, 0.25) is 5.02 Å². The summed E-state index contributed by atoms with van der Waals surface area (Å²) in [4.78, 5) is 12.4. The fourth-order valence-electron chi connectivity index (χ4n) is 2.36. The van der Waals surface area contributed by atoms with Crippen molar-refractivity contribution in [3.05, 3.63) is 77.1 Å². The number of aromatic hydroxyl groups is 1. The summed E-state index contributed by atoms with van der Waals surface area (Å²) >= 11 is 5.97. The standard InChI is InChI=1S/C18H16ClN3O2/c1-12(13-6-5-7-14(19)10-13)20-18(24)17-16(23)11-22(21-17)15-8-3-2-4-9-15/h2-12,23H,1H3,(H,20,24). The quantitative estimate of drug-likeness (QED) is 0.760. The number of nitrogens with one attached hydrogen (secondary N) is 1. The number of para-hydroxylation sites is 1. The van der Waals surface area contributed by atoms with Gasteiger partial charge in [-0.2, -0.15) is 5.10 Å². The molecule has 1 amide bonds. The molecule has 0 aliphatic heterocycles. The predicted octanol–water partition coefficient (Wildman–Crippen LogP) is 3.72. The molecule has 2 N–H and O–H groups in total. The van der Waals surface area contributed by atoms with Crippen molar-refractivity contribution in [2.75, 3.05) is 0 Å². The second kappa shape index (κ2) is 6.76. The van der Waals surface area contributed by atoms with Gasteiger partial charge in [0.05, 0.1) is 17.9 Å². The normalized spacial score (nSPS) is 11.9. The van der Waals surface area contributed by atoms with E-state index in [9.17, 15) is 9.90 Å². The maximum absolute atomic E-state index is 12.4. The van der Waals surface area contributed by atoms with E-state index in [0.29, 0.717) is 5.02 Å². The highest BCUT2D eigenvalue weighted by molar-refractivity contribution is 6.30. The van der Waals surface area contributed by atoms with Crippen LogP contribution in [0.5, 0.6) is 5.75 Å². The number of aromatic nitrogens is 2. The van der Waals surface area contributed by atoms with Gasteiger partial charge in [-0.1, -0.05) is 41.9 Å². The van der Waals surface area contributed by atoms with E-state index in [1.54, 1.807) is 12.1 Å². The third kappa shape index (κ3) is 3.41. The van der Waals surface area contributed by atoms with Gasteiger partial charge in [0.2, 0.25) is 0 Å². The molecule has 0 saturated heterocycles. The number of benzene rings is 2. The number of carbonyl (C=O) groups excluding carboxylic acids is 1. The minimum Gasteiger partial charge on any atom is -0.504 e. The molecule has 3 rings (SSSR count). The van der Waals surface area contributed by atoms with Crippen LogP contribution in [0.4, 0.5) is 0 Å². The van der Waals surface area contributed by atoms with E-state index < -0.39 is 5.91 Å². The summed E-state index contributed by atoms with van der Waals surface area (Å²) in [6.07, 6.45) is 1.41. The average molecular weight is 342 g/mol. The average Bonchev–Trinajstić information content (AvgIpc) is 2.97. The van der Waals surface area contributed by atoms with Crippen molar-refractivity contribution in [2.45, 2.75) is 13.0 Å². The predicted molar refractivity (Wildman–Crippen MR) is 92.6 cm³/mol. The zero-order valence-electron chi connectivity index (χ0n) is 13.0. The molecule has 0 aliphatic rings. The summed E-state index contributed by atoms with van der Waals surface area (Å²) in [5.41, 5.74) is 1.61. The third-order valence-electron chi connectivity index (χ3n) is 3.63. The van der Waals surface area contributed by atoms with Crippen molar-refractivity contribution in [2.24, 2.45) is 0 Å². The number of amides is 1. The lowest BCUT2D eigenvalue weighted by Gasteiger charge is -2.13. The van der Waals surface area contributed by atoms with Crippen molar-refractivity contribution in [3.63, 3.8) is 0 Å². The molecule has 24 heavy (non-hydrogen) atoms. The lowest BCUT2D eigenvalue weighted by Crippen LogP contribution is -2.27. The smallest absolute Gasteiger partial charge is 0.276 e. The van der Waals surface area contributed by atoms with Gasteiger partial charge >= 0.3 is 0 Å². The molecule has 0 bridgehead atoms. The zero-order valence-corrected chi connectivity index (χ0v) is 13.7. The second-order valence-corrected chi connectivity index (χ2v) is 5.83. The van der Waals surface area contributed by atoms with Crippen molar-refractivity contribution >= 4 is 17.5 Å². The fraction of sp³-hybridized carbons (Fsp3) is 0.111. The van der Waals surface area contributed by atoms with Gasteiger partial charge in [-0.05, 0) is 36.8 Å². The number of nitrogens with zero attached hydrogens (tertiary/aromatic N) is 2. The Kier molecular flexibility index (Phi) is 4.53. The molecule has 0 aliphatic carbocycles. The van der Waals surface area contributed by atoms with Gasteiger partial charge in [0.1, 0.15) is 0 Å². The van der Waals surface area contributed by atoms with E-state index in [1.165, 1.54) is 10.9 Å². The molecule has 1 unspecified atom stereocenters. The molecule has 0 fully saturated rings. The zero-order chi connectivity index (χ0) is 17.1. The highest BCUT2D eigenvalue weighted by Gasteiger charge is 2.19. The van der Waals surface area contributed by atoms with E-state index in [1.807, 2.05) is 49.4 Å². The Balaban J connectivity index is 1.79. The molecule has 1 heterocycles. The van der Waals surface area contributed by atoms with Gasteiger partial charge in [0, 0.05) is 5.02 Å². The number of hydrogen-bond acceptors (Lipinski definition) is 3. The summed E-state index contributed by atoms with van der Waals surface area (Å²) < 4.78 is 1.47. The van der Waals surface area contributed by atoms with Gasteiger partial charge in [-0.15, -0.1) is 0 Å². The van der Waals surface area contributed by atoms with Gasteiger partial charge < -0.3 is 10.4 Å². The highest BCUT2D eigenvalue weighted by atomic mass is 35.5. The molecule has 1 aromatic heterocycles. The number of rotatable bonds is 4. The van der Waals surface area contributed by atoms with Crippen LogP contribution >= 0.6 is 11.6 Å². The van der Waals surface area contributed by atoms with Crippen LogP contribution < -0.4 is 5.32 Å². The van der Waals surface area contributed by atoms with Gasteiger partial charge in [0.25, 0.3) is 5.91 Å². The van der Waals surface area contributed by atoms with Crippen LogP contribution in [0, 0.1) is 0 Å². The van der Waals surface area contributed by atoms with Crippen LogP contribution in [-0.4, -0.2) is 20.8 Å². The molecule has 0 radical (unpaired) electrons. The molecule has 5 nitrogen and oxygen atoms in total. The van der Waals surface area contributed by atoms with Crippen molar-refractivity contribution < 1.29 is 9.90 Å². The maximum Gasteiger partial charge on any atom is 0.276 e. The summed E-state index contributed by atoms with van der Waals surface area (Å²) in [5, 5.41) is 17.6. The van der Waals surface area contributed by atoms with Crippen LogP contribution in [0.25, 0.3) is 5.69 Å². The summed E-state index contributed by atoms with van der Waals surface area (Å²) in [5.74, 6) is -0.621. The summed E-state index contributed by atoms with van der Waals surface area (Å²) in [6.45, 7) is 1.84. The third-order valence-corrected chi connectivity index (χ3v) is 3.86. The van der Waals surface area contributed by atoms with Crippen molar-refractivity contribution in [1.82, 2.24) is 15.1 Å². The fourth-order valence-corrected chi connectivity index (χ4v) is 2.56. The topological polar surface area (TPSA) is 67.2 Å². The Labute approximate surface area is 144 Å². The van der Waals surface area contributed by atoms with Crippen molar-refractivity contribution in [3.8, 4) is 11.4 Å². The van der Waals surface area contributed by atoms with Crippen LogP contribution in [0.1, 0.15) is 29.0 Å². The molecule has 1 atom stereocenters. The number of hydrogen-bond donors (Lipinski definition) is 2. The minimum absolute atomic E-state index is 0.0206.